The maximum absolute atomic E-state index is 13.2. The molecule has 0 bridgehead atoms. The van der Waals surface area contributed by atoms with Gasteiger partial charge in [0, 0.05) is 0 Å². The van der Waals surface area contributed by atoms with Gasteiger partial charge in [0.1, 0.15) is 5.82 Å². The number of esters is 1. The van der Waals surface area contributed by atoms with E-state index in [0.717, 1.165) is 11.8 Å². The van der Waals surface area contributed by atoms with Gasteiger partial charge in [-0.15, -0.1) is 0 Å². The fourth-order valence-corrected chi connectivity index (χ4v) is 4.69. The van der Waals surface area contributed by atoms with Gasteiger partial charge in [-0.3, -0.25) is 8.98 Å². The zero-order valence-corrected chi connectivity index (χ0v) is 17.7. The Bertz CT molecular complexity index is 1010. The van der Waals surface area contributed by atoms with E-state index >= 15 is 0 Å². The van der Waals surface area contributed by atoms with Crippen LogP contribution >= 0.6 is 0 Å². The molecule has 0 aromatic heterocycles. The van der Waals surface area contributed by atoms with Gasteiger partial charge in [-0.2, -0.15) is 8.42 Å². The molecule has 2 atom stereocenters. The van der Waals surface area contributed by atoms with E-state index in [1.165, 1.54) is 18.3 Å². The van der Waals surface area contributed by atoms with E-state index in [0.29, 0.717) is 29.8 Å². The second-order valence-corrected chi connectivity index (χ2v) is 9.08. The van der Waals surface area contributed by atoms with E-state index in [4.69, 9.17) is 14.7 Å². The summed E-state index contributed by atoms with van der Waals surface area (Å²) in [4.78, 5) is 17.6. The average molecular weight is 437 g/mol. The standard InChI is InChI=1S/C21H25FN2O5S/c1-3-28-20(25)21-11-14(13-23)19(24-17-7-5-16(22)6-8-17)10-15(21)4-9-18(12-21)29-30(2,26)27/h5-8,10,13,18H,3-4,9,11-12,23H2,1-2H3/b14-13-,24-19?/t18-,21+/m1/s1. The fourth-order valence-electron chi connectivity index (χ4n) is 4.04. The Morgan fingerprint density at radius 2 is 2.07 bits per heavy atom. The van der Waals surface area contributed by atoms with Crippen molar-refractivity contribution in [3.8, 4) is 0 Å². The summed E-state index contributed by atoms with van der Waals surface area (Å²) in [5, 5.41) is 0. The lowest BCUT2D eigenvalue weighted by Gasteiger charge is -2.43. The summed E-state index contributed by atoms with van der Waals surface area (Å²) in [6.45, 7) is 1.92. The number of hydrogen-bond acceptors (Lipinski definition) is 7. The molecule has 2 N–H and O–H groups in total. The van der Waals surface area contributed by atoms with Crippen molar-refractivity contribution < 1.29 is 26.5 Å². The Morgan fingerprint density at radius 1 is 1.37 bits per heavy atom. The Kier molecular flexibility index (Phi) is 6.42. The van der Waals surface area contributed by atoms with Crippen LogP contribution in [-0.4, -0.2) is 39.1 Å². The number of carbonyl (C=O) groups excluding carboxylic acids is 1. The minimum absolute atomic E-state index is 0.173. The highest BCUT2D eigenvalue weighted by Crippen LogP contribution is 2.50. The number of fused-ring (bicyclic) bond motifs is 1. The number of hydrogen-bond donors (Lipinski definition) is 1. The van der Waals surface area contributed by atoms with Crippen molar-refractivity contribution in [3.05, 3.63) is 53.5 Å². The lowest BCUT2D eigenvalue weighted by Crippen LogP contribution is -2.45. The van der Waals surface area contributed by atoms with Crippen molar-refractivity contribution in [1.82, 2.24) is 0 Å². The Labute approximate surface area is 175 Å². The Hall–Kier alpha value is -2.52. The normalized spacial score (nSPS) is 26.9. The van der Waals surface area contributed by atoms with Crippen LogP contribution in [0, 0.1) is 11.2 Å². The zero-order chi connectivity index (χ0) is 21.9. The van der Waals surface area contributed by atoms with Gasteiger partial charge >= 0.3 is 5.97 Å². The molecule has 0 spiro atoms. The van der Waals surface area contributed by atoms with Crippen LogP contribution in [0.2, 0.25) is 0 Å². The van der Waals surface area contributed by atoms with Crippen molar-refractivity contribution in [2.45, 2.75) is 38.7 Å². The lowest BCUT2D eigenvalue weighted by atomic mass is 9.62. The summed E-state index contributed by atoms with van der Waals surface area (Å²) >= 11 is 0. The summed E-state index contributed by atoms with van der Waals surface area (Å²) in [5.74, 6) is -0.792. The smallest absolute Gasteiger partial charge is 0.316 e. The van der Waals surface area contributed by atoms with E-state index in [1.807, 2.05) is 0 Å². The second-order valence-electron chi connectivity index (χ2n) is 7.48. The molecular formula is C21H25FN2O5S. The molecule has 1 aromatic rings. The molecular weight excluding hydrogens is 411 g/mol. The van der Waals surface area contributed by atoms with E-state index in [2.05, 4.69) is 4.99 Å². The van der Waals surface area contributed by atoms with Crippen LogP contribution in [0.5, 0.6) is 0 Å². The molecule has 0 aliphatic heterocycles. The van der Waals surface area contributed by atoms with E-state index in [1.54, 1.807) is 25.1 Å². The molecule has 162 valence electrons. The van der Waals surface area contributed by atoms with E-state index < -0.39 is 27.6 Å². The first-order valence-electron chi connectivity index (χ1n) is 9.69. The van der Waals surface area contributed by atoms with Crippen LogP contribution in [0.1, 0.15) is 32.6 Å². The van der Waals surface area contributed by atoms with Gasteiger partial charge in [0.15, 0.2) is 0 Å². The number of nitrogens with two attached hydrogens (primary N) is 1. The molecule has 0 unspecified atom stereocenters. The molecule has 0 heterocycles. The quantitative estimate of drug-likeness (QED) is 0.561. The van der Waals surface area contributed by atoms with Gasteiger partial charge in [-0.25, -0.2) is 9.38 Å². The van der Waals surface area contributed by atoms with Crippen LogP contribution in [0.15, 0.2) is 52.7 Å². The minimum atomic E-state index is -3.67. The van der Waals surface area contributed by atoms with Gasteiger partial charge in [0.2, 0.25) is 0 Å². The third-order valence-corrected chi connectivity index (χ3v) is 5.93. The molecule has 30 heavy (non-hydrogen) atoms. The summed E-state index contributed by atoms with van der Waals surface area (Å²) in [6.07, 6.45) is 4.86. The molecule has 7 nitrogen and oxygen atoms in total. The van der Waals surface area contributed by atoms with E-state index in [-0.39, 0.29) is 25.3 Å². The Balaban J connectivity index is 2.04. The molecule has 1 fully saturated rings. The highest BCUT2D eigenvalue weighted by atomic mass is 32.2. The molecule has 2 aliphatic carbocycles. The van der Waals surface area contributed by atoms with Crippen LogP contribution < -0.4 is 5.73 Å². The number of halogens is 1. The number of carbonyl (C=O) groups is 1. The van der Waals surface area contributed by atoms with Gasteiger partial charge < -0.3 is 10.5 Å². The first-order valence-corrected chi connectivity index (χ1v) is 11.5. The van der Waals surface area contributed by atoms with Crippen LogP contribution in [0.3, 0.4) is 0 Å². The summed E-state index contributed by atoms with van der Waals surface area (Å²) < 4.78 is 47.0. The van der Waals surface area contributed by atoms with Gasteiger partial charge in [0.25, 0.3) is 10.1 Å². The molecule has 1 saturated carbocycles. The lowest BCUT2D eigenvalue weighted by molar-refractivity contribution is -0.155. The third-order valence-electron chi connectivity index (χ3n) is 5.31. The Morgan fingerprint density at radius 3 is 2.67 bits per heavy atom. The highest BCUT2D eigenvalue weighted by Gasteiger charge is 2.51. The SMILES string of the molecule is CCOC(=O)[C@]12C/C(=C/N)C(=Nc3ccc(F)cc3)C=C1CC[C@@H](OS(C)(=O)=O)C2. The average Bonchev–Trinajstić information content (AvgIpc) is 2.68. The van der Waals surface area contributed by atoms with Crippen molar-refractivity contribution in [3.63, 3.8) is 0 Å². The molecule has 3 rings (SSSR count). The van der Waals surface area contributed by atoms with Gasteiger partial charge in [-0.1, -0.05) is 5.57 Å². The number of nitrogens with zero attached hydrogens (tertiary/aromatic N) is 1. The number of benzene rings is 1. The summed E-state index contributed by atoms with van der Waals surface area (Å²) in [5.41, 5.74) is 7.36. The van der Waals surface area contributed by atoms with Crippen molar-refractivity contribution in [2.75, 3.05) is 12.9 Å². The first-order chi connectivity index (χ1) is 14.2. The molecule has 0 amide bonds. The highest BCUT2D eigenvalue weighted by molar-refractivity contribution is 7.86. The maximum atomic E-state index is 13.2. The predicted octanol–water partition coefficient (Wildman–Crippen LogP) is 3.15. The minimum Gasteiger partial charge on any atom is -0.465 e. The van der Waals surface area contributed by atoms with Gasteiger partial charge in [0.05, 0.1) is 35.8 Å². The third kappa shape index (κ3) is 4.79. The van der Waals surface area contributed by atoms with Crippen molar-refractivity contribution in [1.29, 1.82) is 0 Å². The zero-order valence-electron chi connectivity index (χ0n) is 16.9. The van der Waals surface area contributed by atoms with Gasteiger partial charge in [-0.05, 0) is 74.7 Å². The van der Waals surface area contributed by atoms with Crippen molar-refractivity contribution >= 4 is 27.5 Å². The van der Waals surface area contributed by atoms with Crippen LogP contribution in [-0.2, 0) is 23.8 Å². The van der Waals surface area contributed by atoms with Crippen LogP contribution in [0.4, 0.5) is 10.1 Å². The summed E-state index contributed by atoms with van der Waals surface area (Å²) in [6, 6.07) is 5.74. The topological polar surface area (TPSA) is 108 Å². The molecule has 0 radical (unpaired) electrons. The maximum Gasteiger partial charge on any atom is 0.316 e. The largest absolute Gasteiger partial charge is 0.465 e. The number of ether oxygens (including phenoxy) is 1. The predicted molar refractivity (Wildman–Crippen MR) is 111 cm³/mol. The number of allylic oxidation sites excluding steroid dienone is 2. The van der Waals surface area contributed by atoms with Crippen LogP contribution in [0.25, 0.3) is 0 Å². The molecule has 2 aliphatic rings. The van der Waals surface area contributed by atoms with E-state index in [9.17, 15) is 17.6 Å². The fraction of sp³-hybridized carbons (Fsp3) is 0.429. The van der Waals surface area contributed by atoms with Crippen molar-refractivity contribution in [2.24, 2.45) is 16.1 Å². The molecule has 0 saturated heterocycles. The molecule has 1 aromatic carbocycles. The monoisotopic (exact) mass is 436 g/mol. The molecule has 9 heteroatoms. The number of rotatable bonds is 5. The second kappa shape index (κ2) is 8.69. The summed E-state index contributed by atoms with van der Waals surface area (Å²) in [7, 11) is -3.67. The first kappa shape index (κ1) is 22.2. The number of aliphatic imine (C=N–C) groups is 1.